The molecule has 2 rings (SSSR count). The summed E-state index contributed by atoms with van der Waals surface area (Å²) < 4.78 is 18.8. The molecule has 144 valence electrons. The molecule has 0 aliphatic rings. The van der Waals surface area contributed by atoms with Gasteiger partial charge in [-0.25, -0.2) is 4.39 Å². The predicted octanol–water partition coefficient (Wildman–Crippen LogP) is 1.97. The predicted molar refractivity (Wildman–Crippen MR) is 103 cm³/mol. The highest BCUT2D eigenvalue weighted by molar-refractivity contribution is 6.30. The smallest absolute Gasteiger partial charge is 0.279 e. The van der Waals surface area contributed by atoms with E-state index in [0.29, 0.717) is 23.0 Å². The Morgan fingerprint density at radius 3 is 2.30 bits per heavy atom. The maximum atomic E-state index is 13.7. The van der Waals surface area contributed by atoms with E-state index in [9.17, 15) is 14.0 Å². The quantitative estimate of drug-likeness (QED) is 0.641. The molecule has 0 radical (unpaired) electrons. The van der Waals surface area contributed by atoms with Crippen molar-refractivity contribution in [2.75, 3.05) is 37.4 Å². The summed E-state index contributed by atoms with van der Waals surface area (Å²) in [6.07, 6.45) is 0. The zero-order chi connectivity index (χ0) is 19.8. The number of anilines is 2. The molecule has 1 atom stereocenters. The number of rotatable bonds is 8. The fraction of sp³-hybridized carbons (Fsp3) is 0.263. The number of ether oxygens (including phenoxy) is 1. The minimum absolute atomic E-state index is 0.0191. The summed E-state index contributed by atoms with van der Waals surface area (Å²) in [5, 5.41) is 5.58. The number of methoxy groups -OCH3 is 1. The number of benzene rings is 2. The third-order valence-electron chi connectivity index (χ3n) is 3.90. The van der Waals surface area contributed by atoms with Gasteiger partial charge < -0.3 is 20.3 Å². The maximum absolute atomic E-state index is 13.7. The van der Waals surface area contributed by atoms with E-state index in [0.717, 1.165) is 4.90 Å². The Balaban J connectivity index is 1.88. The summed E-state index contributed by atoms with van der Waals surface area (Å²) in [7, 11) is 1.57. The zero-order valence-electron chi connectivity index (χ0n) is 15.1. The van der Waals surface area contributed by atoms with Crippen molar-refractivity contribution >= 4 is 34.8 Å². The molecule has 0 spiro atoms. The minimum Gasteiger partial charge on any atom is -0.497 e. The van der Waals surface area contributed by atoms with Gasteiger partial charge in [-0.15, -0.1) is 0 Å². The topological polar surface area (TPSA) is 71.9 Å². The van der Waals surface area contributed by atoms with Gasteiger partial charge in [0, 0.05) is 10.7 Å². The molecule has 0 saturated heterocycles. The van der Waals surface area contributed by atoms with Crippen molar-refractivity contribution in [2.24, 2.45) is 0 Å². The van der Waals surface area contributed by atoms with Crippen LogP contribution >= 0.6 is 11.6 Å². The lowest BCUT2D eigenvalue weighted by atomic mass is 10.3. The van der Waals surface area contributed by atoms with Gasteiger partial charge in [0.1, 0.15) is 11.6 Å². The Bertz CT molecular complexity index is 799. The first-order valence-corrected chi connectivity index (χ1v) is 8.81. The first-order valence-electron chi connectivity index (χ1n) is 8.43. The molecule has 0 aliphatic heterocycles. The number of quaternary nitrogens is 1. The van der Waals surface area contributed by atoms with Crippen molar-refractivity contribution < 1.29 is 23.6 Å². The lowest BCUT2D eigenvalue weighted by molar-refractivity contribution is -0.881. The molecule has 2 aromatic rings. The first kappa shape index (κ1) is 20.7. The Hall–Kier alpha value is -2.64. The number of amides is 2. The largest absolute Gasteiger partial charge is 0.497 e. The number of hydrogen-bond donors (Lipinski definition) is 3. The van der Waals surface area contributed by atoms with Gasteiger partial charge in [-0.2, -0.15) is 0 Å². The molecule has 0 aromatic heterocycles. The van der Waals surface area contributed by atoms with Crippen LogP contribution in [0, 0.1) is 5.82 Å². The molecule has 8 heteroatoms. The van der Waals surface area contributed by atoms with Crippen molar-refractivity contribution in [1.82, 2.24) is 0 Å². The van der Waals surface area contributed by atoms with E-state index in [1.807, 2.05) is 6.92 Å². The summed E-state index contributed by atoms with van der Waals surface area (Å²) >= 11 is 5.81. The molecule has 0 fully saturated rings. The highest BCUT2D eigenvalue weighted by Gasteiger charge is 2.18. The van der Waals surface area contributed by atoms with Gasteiger partial charge in [0.25, 0.3) is 11.8 Å². The minimum atomic E-state index is -0.567. The highest BCUT2D eigenvalue weighted by atomic mass is 35.5. The van der Waals surface area contributed by atoms with Crippen molar-refractivity contribution in [2.45, 2.75) is 6.92 Å². The summed E-state index contributed by atoms with van der Waals surface area (Å²) in [4.78, 5) is 25.1. The Morgan fingerprint density at radius 1 is 1.07 bits per heavy atom. The molecule has 2 amide bonds. The van der Waals surface area contributed by atoms with Crippen LogP contribution in [0.1, 0.15) is 6.92 Å². The molecule has 1 unspecified atom stereocenters. The van der Waals surface area contributed by atoms with Crippen LogP contribution in [0.4, 0.5) is 15.8 Å². The van der Waals surface area contributed by atoms with Crippen molar-refractivity contribution in [3.05, 3.63) is 53.3 Å². The van der Waals surface area contributed by atoms with Crippen molar-refractivity contribution in [1.29, 1.82) is 0 Å². The van der Waals surface area contributed by atoms with Gasteiger partial charge in [-0.1, -0.05) is 11.6 Å². The Kier molecular flexibility index (Phi) is 7.57. The molecule has 0 aliphatic carbocycles. The van der Waals surface area contributed by atoms with Gasteiger partial charge in [-0.3, -0.25) is 9.59 Å². The van der Waals surface area contributed by atoms with Crippen LogP contribution in [0.3, 0.4) is 0 Å². The van der Waals surface area contributed by atoms with E-state index in [1.165, 1.54) is 18.2 Å². The second kappa shape index (κ2) is 9.89. The van der Waals surface area contributed by atoms with E-state index >= 15 is 0 Å². The fourth-order valence-corrected chi connectivity index (χ4v) is 2.61. The average molecular weight is 395 g/mol. The molecular weight excluding hydrogens is 373 g/mol. The molecule has 0 bridgehead atoms. The van der Waals surface area contributed by atoms with Crippen LogP contribution in [-0.4, -0.2) is 38.6 Å². The van der Waals surface area contributed by atoms with E-state index in [-0.39, 0.29) is 24.7 Å². The number of hydrogen-bond acceptors (Lipinski definition) is 3. The van der Waals surface area contributed by atoms with Crippen LogP contribution in [0.2, 0.25) is 5.02 Å². The second-order valence-corrected chi connectivity index (χ2v) is 6.34. The lowest BCUT2D eigenvalue weighted by Crippen LogP contribution is -3.13. The zero-order valence-corrected chi connectivity index (χ0v) is 15.9. The molecule has 6 nitrogen and oxygen atoms in total. The number of carbonyl (C=O) groups excluding carboxylic acids is 2. The number of likely N-dealkylation sites (N-methyl/N-ethyl adjacent to an activating group) is 1. The SMILES string of the molecule is CC[NH+](CC(=O)Nc1ccc(OC)cc1)CC(=O)Nc1cc(Cl)ccc1F. The van der Waals surface area contributed by atoms with Gasteiger partial charge in [-0.05, 0) is 49.4 Å². The van der Waals surface area contributed by atoms with E-state index < -0.39 is 11.7 Å². The molecular formula is C19H22ClFN3O3+. The third-order valence-corrected chi connectivity index (χ3v) is 4.13. The number of carbonyl (C=O) groups is 2. The molecule has 0 heterocycles. The average Bonchev–Trinajstić information content (AvgIpc) is 2.64. The Labute approximate surface area is 162 Å². The molecule has 0 saturated carbocycles. The van der Waals surface area contributed by atoms with Crippen LogP contribution in [0.25, 0.3) is 0 Å². The van der Waals surface area contributed by atoms with Crippen LogP contribution < -0.4 is 20.3 Å². The summed E-state index contributed by atoms with van der Waals surface area (Å²) in [6.45, 7) is 2.55. The Morgan fingerprint density at radius 2 is 1.70 bits per heavy atom. The molecule has 27 heavy (non-hydrogen) atoms. The summed E-state index contributed by atoms with van der Waals surface area (Å²) in [5.74, 6) is -0.495. The van der Waals surface area contributed by atoms with Gasteiger partial charge in [0.15, 0.2) is 13.1 Å². The summed E-state index contributed by atoms with van der Waals surface area (Å²) in [6, 6.07) is 10.9. The molecule has 3 N–H and O–H groups in total. The van der Waals surface area contributed by atoms with Gasteiger partial charge in [0.05, 0.1) is 19.3 Å². The first-order chi connectivity index (χ1) is 12.9. The maximum Gasteiger partial charge on any atom is 0.279 e. The van der Waals surface area contributed by atoms with Crippen molar-refractivity contribution in [3.8, 4) is 5.75 Å². The van der Waals surface area contributed by atoms with Gasteiger partial charge in [0.2, 0.25) is 0 Å². The summed E-state index contributed by atoms with van der Waals surface area (Å²) in [5.41, 5.74) is 0.660. The molecule has 2 aromatic carbocycles. The normalized spacial score (nSPS) is 11.6. The number of nitrogens with one attached hydrogen (secondary N) is 3. The van der Waals surface area contributed by atoms with Crippen LogP contribution in [-0.2, 0) is 9.59 Å². The lowest BCUT2D eigenvalue weighted by Gasteiger charge is -2.17. The third kappa shape index (κ3) is 6.54. The van der Waals surface area contributed by atoms with E-state index in [2.05, 4.69) is 10.6 Å². The second-order valence-electron chi connectivity index (χ2n) is 5.91. The fourth-order valence-electron chi connectivity index (χ4n) is 2.43. The van der Waals surface area contributed by atoms with Crippen molar-refractivity contribution in [3.63, 3.8) is 0 Å². The van der Waals surface area contributed by atoms with E-state index in [4.69, 9.17) is 16.3 Å². The van der Waals surface area contributed by atoms with Gasteiger partial charge >= 0.3 is 0 Å². The highest BCUT2D eigenvalue weighted by Crippen LogP contribution is 2.19. The monoisotopic (exact) mass is 394 g/mol. The van der Waals surface area contributed by atoms with Crippen LogP contribution in [0.5, 0.6) is 5.75 Å². The number of halogens is 2. The van der Waals surface area contributed by atoms with Crippen LogP contribution in [0.15, 0.2) is 42.5 Å². The standard InChI is InChI=1S/C19H21ClFN3O3/c1-3-24(11-18(25)22-14-5-7-15(27-2)8-6-14)12-19(26)23-17-10-13(20)4-9-16(17)21/h4-10H,3,11-12H2,1-2H3,(H,22,25)(H,23,26)/p+1. The van der Waals surface area contributed by atoms with E-state index in [1.54, 1.807) is 31.4 Å².